The highest BCUT2D eigenvalue weighted by molar-refractivity contribution is 6.17. The third-order valence-corrected chi connectivity index (χ3v) is 2.99. The summed E-state index contributed by atoms with van der Waals surface area (Å²) in [6.45, 7) is 7.92. The van der Waals surface area contributed by atoms with Gasteiger partial charge in [0.1, 0.15) is 12.2 Å². The first-order chi connectivity index (χ1) is 9.58. The number of carboxylic acid groups (broad SMARTS) is 1. The van der Waals surface area contributed by atoms with Gasteiger partial charge in [0.25, 0.3) is 0 Å². The molecule has 0 atom stereocenters. The lowest BCUT2D eigenvalue weighted by Gasteiger charge is -2.02. The number of carbonyl (C=O) groups is 2. The van der Waals surface area contributed by atoms with Gasteiger partial charge < -0.3 is 12.7 Å². The van der Waals surface area contributed by atoms with Crippen LogP contribution in [0.15, 0.2) is 0 Å². The van der Waals surface area contributed by atoms with E-state index >= 15 is 0 Å². The second kappa shape index (κ2) is 18.6. The van der Waals surface area contributed by atoms with Gasteiger partial charge in [0, 0.05) is 19.6 Å². The summed E-state index contributed by atoms with van der Waals surface area (Å²) >= 11 is -0.189. The van der Waals surface area contributed by atoms with E-state index in [1.54, 1.807) is 0 Å². The van der Waals surface area contributed by atoms with Crippen molar-refractivity contribution in [2.75, 3.05) is 13.2 Å². The first-order valence-corrected chi connectivity index (χ1v) is 8.31. The first kappa shape index (κ1) is 21.9. The molecule has 20 heavy (non-hydrogen) atoms. The summed E-state index contributed by atoms with van der Waals surface area (Å²) in [5.74, 6) is -1.22. The third-order valence-electron chi connectivity index (χ3n) is 2.24. The predicted molar refractivity (Wildman–Crippen MR) is 79.6 cm³/mol. The Hall–Kier alpha value is -0.408. The molecule has 0 aliphatic rings. The van der Waals surface area contributed by atoms with Crippen molar-refractivity contribution in [1.82, 2.24) is 0 Å². The van der Waals surface area contributed by atoms with E-state index in [4.69, 9.17) is 12.7 Å². The molecular weight excluding hydrogens is 275 g/mol. The Morgan fingerprint density at radius 1 is 0.950 bits per heavy atom. The summed E-state index contributed by atoms with van der Waals surface area (Å²) in [5.41, 5.74) is 0. The highest BCUT2D eigenvalue weighted by atomic mass is 27.2. The molecule has 0 fully saturated rings. The van der Waals surface area contributed by atoms with Gasteiger partial charge in [-0.1, -0.05) is 33.6 Å². The SMILES string of the molecule is CCCC(=O)CC(=O)O.CCCC[O][Al][O]CCCC. The number of carbonyl (C=O) groups excluding carboxylic acids is 1. The third kappa shape index (κ3) is 22.7. The number of ketones is 1. The van der Waals surface area contributed by atoms with E-state index in [1.165, 1.54) is 12.8 Å². The minimum Gasteiger partial charge on any atom is -0.484 e. The number of unbranched alkanes of at least 4 members (excludes halogenated alkanes) is 2. The molecule has 0 unspecified atom stereocenters. The van der Waals surface area contributed by atoms with Crippen LogP contribution in [0.5, 0.6) is 0 Å². The maximum atomic E-state index is 10.5. The molecular formula is C14H28AlO5. The topological polar surface area (TPSA) is 72.8 Å². The molecule has 0 aliphatic carbocycles. The van der Waals surface area contributed by atoms with Crippen molar-refractivity contribution in [2.24, 2.45) is 0 Å². The van der Waals surface area contributed by atoms with Crippen LogP contribution in [0.2, 0.25) is 0 Å². The molecule has 0 amide bonds. The van der Waals surface area contributed by atoms with Crippen molar-refractivity contribution in [3.05, 3.63) is 0 Å². The second-order valence-corrected chi connectivity index (χ2v) is 5.26. The lowest BCUT2D eigenvalue weighted by atomic mass is 10.2. The summed E-state index contributed by atoms with van der Waals surface area (Å²) in [5, 5.41) is 8.09. The summed E-state index contributed by atoms with van der Waals surface area (Å²) in [7, 11) is 0. The Bertz CT molecular complexity index is 226. The van der Waals surface area contributed by atoms with Crippen LogP contribution < -0.4 is 0 Å². The van der Waals surface area contributed by atoms with Crippen LogP contribution in [-0.4, -0.2) is 46.0 Å². The van der Waals surface area contributed by atoms with Gasteiger partial charge in [-0.2, -0.15) is 0 Å². The van der Waals surface area contributed by atoms with Crippen LogP contribution in [0.3, 0.4) is 0 Å². The zero-order valence-corrected chi connectivity index (χ0v) is 14.2. The lowest BCUT2D eigenvalue weighted by molar-refractivity contribution is -0.140. The van der Waals surface area contributed by atoms with Crippen molar-refractivity contribution in [3.8, 4) is 0 Å². The quantitative estimate of drug-likeness (QED) is 0.341. The minimum absolute atomic E-state index is 0.189. The van der Waals surface area contributed by atoms with Gasteiger partial charge in [0.05, 0.1) is 0 Å². The van der Waals surface area contributed by atoms with E-state index in [9.17, 15) is 9.59 Å². The second-order valence-electron chi connectivity index (χ2n) is 4.40. The van der Waals surface area contributed by atoms with Gasteiger partial charge >= 0.3 is 21.9 Å². The van der Waals surface area contributed by atoms with Crippen LogP contribution in [0, 0.1) is 0 Å². The zero-order chi connectivity index (χ0) is 15.6. The lowest BCUT2D eigenvalue weighted by Crippen LogP contribution is -2.06. The molecule has 117 valence electrons. The van der Waals surface area contributed by atoms with E-state index < -0.39 is 5.97 Å². The molecule has 0 saturated heterocycles. The molecule has 0 bridgehead atoms. The molecule has 6 heteroatoms. The van der Waals surface area contributed by atoms with Crippen LogP contribution >= 0.6 is 0 Å². The highest BCUT2D eigenvalue weighted by Crippen LogP contribution is 1.93. The normalized spacial score (nSPS) is 9.55. The molecule has 1 N–H and O–H groups in total. The van der Waals surface area contributed by atoms with E-state index in [1.807, 2.05) is 6.92 Å². The molecule has 0 rings (SSSR count). The van der Waals surface area contributed by atoms with Gasteiger partial charge in [0.15, 0.2) is 0 Å². The number of hydrogen-bond acceptors (Lipinski definition) is 4. The molecule has 0 heterocycles. The summed E-state index contributed by atoms with van der Waals surface area (Å²) in [6.07, 6.45) is 5.50. The van der Waals surface area contributed by atoms with Crippen molar-refractivity contribution in [2.45, 2.75) is 65.7 Å². The van der Waals surface area contributed by atoms with Crippen molar-refractivity contribution < 1.29 is 22.3 Å². The van der Waals surface area contributed by atoms with Gasteiger partial charge in [-0.05, 0) is 19.3 Å². The van der Waals surface area contributed by atoms with E-state index in [0.29, 0.717) is 6.42 Å². The van der Waals surface area contributed by atoms with Gasteiger partial charge in [-0.3, -0.25) is 9.59 Å². The fraction of sp³-hybridized carbons (Fsp3) is 0.857. The Morgan fingerprint density at radius 2 is 1.45 bits per heavy atom. The van der Waals surface area contributed by atoms with Crippen molar-refractivity contribution >= 4 is 27.6 Å². The monoisotopic (exact) mass is 303 g/mol. The van der Waals surface area contributed by atoms with Crippen LogP contribution in [-0.2, 0) is 17.2 Å². The Labute approximate surface area is 129 Å². The maximum Gasteiger partial charge on any atom is 0.668 e. The maximum absolute atomic E-state index is 10.5. The number of rotatable bonds is 12. The van der Waals surface area contributed by atoms with E-state index in [-0.39, 0.29) is 28.1 Å². The van der Waals surface area contributed by atoms with Crippen LogP contribution in [0.4, 0.5) is 0 Å². The Balaban J connectivity index is 0. The van der Waals surface area contributed by atoms with Crippen molar-refractivity contribution in [1.29, 1.82) is 0 Å². The van der Waals surface area contributed by atoms with Gasteiger partial charge in [-0.25, -0.2) is 0 Å². The number of carboxylic acids is 1. The molecule has 0 saturated carbocycles. The molecule has 0 spiro atoms. The minimum atomic E-state index is -1.03. The standard InChI is InChI=1S/C6H10O3.2C4H9O.Al/c1-2-3-5(7)4-6(8)9;2*1-2-3-4-5;/h2-4H2,1H3,(H,8,9);2*2-4H2,1H3;/q;2*-1;+2. The van der Waals surface area contributed by atoms with Gasteiger partial charge in [0.2, 0.25) is 0 Å². The average Bonchev–Trinajstić information content (AvgIpc) is 2.38. The fourth-order valence-corrected chi connectivity index (χ4v) is 1.76. The molecule has 0 aromatic rings. The number of hydrogen-bond donors (Lipinski definition) is 1. The average molecular weight is 303 g/mol. The Kier molecular flexibility index (Phi) is 20.3. The first-order valence-electron chi connectivity index (χ1n) is 7.36. The number of aliphatic carboxylic acids is 1. The molecule has 5 nitrogen and oxygen atoms in total. The molecule has 0 aromatic carbocycles. The molecule has 0 aliphatic heterocycles. The summed E-state index contributed by atoms with van der Waals surface area (Å²) in [4.78, 5) is 20.3. The molecule has 1 radical (unpaired) electrons. The smallest absolute Gasteiger partial charge is 0.484 e. The van der Waals surface area contributed by atoms with Gasteiger partial charge in [-0.15, -0.1) is 0 Å². The summed E-state index contributed by atoms with van der Waals surface area (Å²) in [6, 6.07) is 0. The highest BCUT2D eigenvalue weighted by Gasteiger charge is 2.04. The molecule has 0 aromatic heterocycles. The predicted octanol–water partition coefficient (Wildman–Crippen LogP) is 2.98. The van der Waals surface area contributed by atoms with Crippen LogP contribution in [0.25, 0.3) is 0 Å². The Morgan fingerprint density at radius 3 is 1.80 bits per heavy atom. The van der Waals surface area contributed by atoms with Crippen LogP contribution in [0.1, 0.15) is 65.7 Å². The summed E-state index contributed by atoms with van der Waals surface area (Å²) < 4.78 is 10.6. The fourth-order valence-electron chi connectivity index (χ4n) is 1.14. The largest absolute Gasteiger partial charge is 0.668 e. The van der Waals surface area contributed by atoms with E-state index in [0.717, 1.165) is 32.5 Å². The number of Topliss-reactive ketones (excluding diaryl/α,β-unsaturated/α-hetero) is 1. The zero-order valence-electron chi connectivity index (χ0n) is 13.0. The van der Waals surface area contributed by atoms with E-state index in [2.05, 4.69) is 13.8 Å². The van der Waals surface area contributed by atoms with Crippen molar-refractivity contribution in [3.63, 3.8) is 0 Å².